The van der Waals surface area contributed by atoms with Crippen LogP contribution in [0.5, 0.6) is 0 Å². The highest BCUT2D eigenvalue weighted by molar-refractivity contribution is 6.00. The van der Waals surface area contributed by atoms with Gasteiger partial charge in [-0.15, -0.1) is 0 Å². The molecule has 1 aromatic rings. The molecule has 0 radical (unpaired) electrons. The second-order valence-corrected chi connectivity index (χ2v) is 12.5. The first-order chi connectivity index (χ1) is 19.2. The third kappa shape index (κ3) is 6.02. The molecule has 2 aliphatic carbocycles. The molecule has 1 atom stereocenters. The molecule has 1 saturated heterocycles. The second-order valence-electron chi connectivity index (χ2n) is 12.5. The van der Waals surface area contributed by atoms with Crippen LogP contribution in [0.1, 0.15) is 58.8 Å². The molecule has 40 heavy (non-hydrogen) atoms. The van der Waals surface area contributed by atoms with Crippen molar-refractivity contribution in [3.8, 4) is 0 Å². The molecule has 218 valence electrons. The molecule has 4 aliphatic rings. The van der Waals surface area contributed by atoms with Gasteiger partial charge in [-0.3, -0.25) is 9.59 Å². The number of fused-ring (bicyclic) bond motifs is 1. The highest BCUT2D eigenvalue weighted by Gasteiger charge is 2.41. The number of rotatable bonds is 8. The quantitative estimate of drug-likeness (QED) is 0.504. The molecule has 3 heterocycles. The van der Waals surface area contributed by atoms with Crippen LogP contribution in [0.3, 0.4) is 0 Å². The van der Waals surface area contributed by atoms with Crippen LogP contribution < -0.4 is 20.4 Å². The Kier molecular flexibility index (Phi) is 8.47. The average Bonchev–Trinajstić information content (AvgIpc) is 3.47. The number of hydrogen-bond donors (Lipinski definition) is 2. The number of carbonyl (C=O) groups is 2. The lowest BCUT2D eigenvalue weighted by Crippen LogP contribution is -2.45. The van der Waals surface area contributed by atoms with E-state index in [2.05, 4.69) is 32.5 Å². The Morgan fingerprint density at radius 3 is 2.58 bits per heavy atom. The van der Waals surface area contributed by atoms with E-state index in [1.54, 1.807) is 18.2 Å². The van der Waals surface area contributed by atoms with E-state index in [1.807, 2.05) is 33.0 Å². The van der Waals surface area contributed by atoms with E-state index < -0.39 is 5.41 Å². The smallest absolute Gasteiger partial charge is 0.234 e. The summed E-state index contributed by atoms with van der Waals surface area (Å²) in [6.45, 7) is 7.14. The van der Waals surface area contributed by atoms with E-state index in [4.69, 9.17) is 9.72 Å². The minimum absolute atomic E-state index is 0.0687. The van der Waals surface area contributed by atoms with E-state index in [1.165, 1.54) is 12.8 Å². The summed E-state index contributed by atoms with van der Waals surface area (Å²) in [4.78, 5) is 42.2. The third-order valence-electron chi connectivity index (χ3n) is 8.99. The summed E-state index contributed by atoms with van der Waals surface area (Å²) in [6.07, 6.45) is 12.8. The van der Waals surface area contributed by atoms with E-state index in [0.29, 0.717) is 43.3 Å². The van der Waals surface area contributed by atoms with Crippen LogP contribution in [0, 0.1) is 11.3 Å². The normalized spacial score (nSPS) is 24.3. The maximum absolute atomic E-state index is 13.3. The van der Waals surface area contributed by atoms with Crippen LogP contribution in [0.25, 0.3) is 0 Å². The average molecular weight is 552 g/mol. The Balaban J connectivity index is 1.30. The van der Waals surface area contributed by atoms with Gasteiger partial charge in [-0.05, 0) is 65.7 Å². The lowest BCUT2D eigenvalue weighted by molar-refractivity contribution is -0.125. The number of nitrogens with one attached hydrogen (secondary N) is 2. The Hall–Kier alpha value is -2.98. The van der Waals surface area contributed by atoms with E-state index >= 15 is 0 Å². The summed E-state index contributed by atoms with van der Waals surface area (Å²) in [6, 6.07) is 0.759. The molecule has 1 unspecified atom stereocenters. The number of nitrogens with zero attached hydrogens (tertiary/aromatic N) is 5. The molecule has 1 saturated carbocycles. The first-order valence-corrected chi connectivity index (χ1v) is 14.7. The Labute approximate surface area is 238 Å². The van der Waals surface area contributed by atoms with Gasteiger partial charge in [0.05, 0.1) is 31.0 Å². The fourth-order valence-electron chi connectivity index (χ4n) is 6.44. The highest BCUT2D eigenvalue weighted by Crippen LogP contribution is 2.40. The van der Waals surface area contributed by atoms with Crippen LogP contribution in [0.15, 0.2) is 29.8 Å². The van der Waals surface area contributed by atoms with Crippen molar-refractivity contribution in [1.82, 2.24) is 20.2 Å². The van der Waals surface area contributed by atoms with Crippen LogP contribution in [-0.4, -0.2) is 86.0 Å². The highest BCUT2D eigenvalue weighted by atomic mass is 16.5. The zero-order valence-electron chi connectivity index (χ0n) is 24.7. The molecule has 5 rings (SSSR count). The molecule has 10 heteroatoms. The van der Waals surface area contributed by atoms with Crippen LogP contribution in [0.2, 0.25) is 0 Å². The van der Waals surface area contributed by atoms with Crippen molar-refractivity contribution in [3.63, 3.8) is 0 Å². The van der Waals surface area contributed by atoms with Crippen molar-refractivity contribution < 1.29 is 14.3 Å². The van der Waals surface area contributed by atoms with E-state index in [0.717, 1.165) is 56.0 Å². The Morgan fingerprint density at radius 2 is 1.88 bits per heavy atom. The van der Waals surface area contributed by atoms with Crippen molar-refractivity contribution in [2.75, 3.05) is 62.5 Å². The predicted molar refractivity (Wildman–Crippen MR) is 157 cm³/mol. The van der Waals surface area contributed by atoms with Gasteiger partial charge in [-0.1, -0.05) is 18.9 Å². The number of anilines is 3. The molecular weight excluding hydrogens is 506 g/mol. The summed E-state index contributed by atoms with van der Waals surface area (Å²) in [5, 5.41) is 6.80. The molecule has 1 amide bonds. The number of likely N-dealkylation sites (tertiary alicyclic amines) is 1. The van der Waals surface area contributed by atoms with Gasteiger partial charge in [0.1, 0.15) is 11.4 Å². The molecule has 0 aromatic carbocycles. The maximum atomic E-state index is 13.3. The lowest BCUT2D eigenvalue weighted by atomic mass is 9.91. The van der Waals surface area contributed by atoms with Crippen molar-refractivity contribution in [3.05, 3.63) is 29.8 Å². The molecule has 0 spiro atoms. The van der Waals surface area contributed by atoms with E-state index in [-0.39, 0.29) is 17.6 Å². The summed E-state index contributed by atoms with van der Waals surface area (Å²) < 4.78 is 5.72. The summed E-state index contributed by atoms with van der Waals surface area (Å²) in [5.41, 5.74) is 0.948. The third-order valence-corrected chi connectivity index (χ3v) is 8.99. The Morgan fingerprint density at radius 1 is 1.15 bits per heavy atom. The van der Waals surface area contributed by atoms with Crippen molar-refractivity contribution in [1.29, 1.82) is 0 Å². The van der Waals surface area contributed by atoms with Crippen molar-refractivity contribution in [2.45, 2.75) is 70.9 Å². The number of Topliss-reactive ketones (excluding diaryl/α,β-unsaturated/α-hetero) is 1. The molecule has 2 aliphatic heterocycles. The number of amides is 1. The summed E-state index contributed by atoms with van der Waals surface area (Å²) >= 11 is 0. The molecule has 10 nitrogen and oxygen atoms in total. The minimum atomic E-state index is -0.534. The fourth-order valence-corrected chi connectivity index (χ4v) is 6.44. The van der Waals surface area contributed by atoms with Gasteiger partial charge in [0.25, 0.3) is 0 Å². The standard InChI is InChI=1S/C30H45N7O3/c1-30(2)19-37(22-8-6-7-9-22)27-24(36(4)28(30)39)17-32-29(34-27)33-23-11-10-20(16-26(23)40-5)25(38)18-31-21-12-14-35(3)15-13-21/h10-11,17,20-22,31H,6-9,12-16,18-19H2,1-5H3,(H,32,33,34). The second kappa shape index (κ2) is 11.9. The molecule has 0 bridgehead atoms. The number of ketones is 1. The van der Waals surface area contributed by atoms with Gasteiger partial charge in [0, 0.05) is 38.0 Å². The van der Waals surface area contributed by atoms with Crippen molar-refractivity contribution >= 4 is 29.1 Å². The summed E-state index contributed by atoms with van der Waals surface area (Å²) in [7, 11) is 5.59. The molecule has 2 fully saturated rings. The number of methoxy groups -OCH3 is 1. The Bertz CT molecular complexity index is 1170. The number of aromatic nitrogens is 2. The van der Waals surface area contributed by atoms with Crippen LogP contribution >= 0.6 is 0 Å². The predicted octanol–water partition coefficient (Wildman–Crippen LogP) is 3.33. The van der Waals surface area contributed by atoms with Gasteiger partial charge >= 0.3 is 0 Å². The zero-order valence-corrected chi connectivity index (χ0v) is 24.7. The van der Waals surface area contributed by atoms with Gasteiger partial charge in [0.2, 0.25) is 11.9 Å². The zero-order chi connectivity index (χ0) is 28.4. The van der Waals surface area contributed by atoms with Gasteiger partial charge in [-0.25, -0.2) is 4.98 Å². The fraction of sp³-hybridized carbons (Fsp3) is 0.667. The molecular formula is C30H45N7O3. The number of hydrogen-bond acceptors (Lipinski definition) is 9. The van der Waals surface area contributed by atoms with Crippen LogP contribution in [0.4, 0.5) is 17.5 Å². The molecule has 1 aromatic heterocycles. The first-order valence-electron chi connectivity index (χ1n) is 14.7. The van der Waals surface area contributed by atoms with Crippen molar-refractivity contribution in [2.24, 2.45) is 11.3 Å². The summed E-state index contributed by atoms with van der Waals surface area (Å²) in [5.74, 6) is 1.96. The van der Waals surface area contributed by atoms with Crippen LogP contribution in [-0.2, 0) is 14.3 Å². The molecule has 2 N–H and O–H groups in total. The van der Waals surface area contributed by atoms with E-state index in [9.17, 15) is 9.59 Å². The van der Waals surface area contributed by atoms with Gasteiger partial charge in [-0.2, -0.15) is 4.98 Å². The topological polar surface area (TPSA) is 103 Å². The van der Waals surface area contributed by atoms with Gasteiger partial charge in [0.15, 0.2) is 11.6 Å². The maximum Gasteiger partial charge on any atom is 0.234 e. The number of piperidine rings is 1. The monoisotopic (exact) mass is 551 g/mol. The number of carbonyl (C=O) groups excluding carboxylic acids is 2. The minimum Gasteiger partial charge on any atom is -0.499 e. The van der Waals surface area contributed by atoms with Gasteiger partial charge < -0.3 is 30.1 Å². The lowest BCUT2D eigenvalue weighted by Gasteiger charge is -2.34. The largest absolute Gasteiger partial charge is 0.499 e. The SMILES string of the molecule is COC1=C(Nc2ncc3c(n2)N(C2CCCC2)CC(C)(C)C(=O)N3C)C=CC(C(=O)CNC2CCN(C)CC2)C1. The number of allylic oxidation sites excluding steroid dienone is 3. The first kappa shape index (κ1) is 28.5. The number of ether oxygens (including phenoxy) is 1.